The Morgan fingerprint density at radius 3 is 2.44 bits per heavy atom. The molecule has 1 heterocycles. The summed E-state index contributed by atoms with van der Waals surface area (Å²) in [6.07, 6.45) is 2.56. The molecule has 88 valence electrons. The van der Waals surface area contributed by atoms with E-state index in [2.05, 4.69) is 48.6 Å². The number of nitrogens with zero attached hydrogens (tertiary/aromatic N) is 1. The van der Waals surface area contributed by atoms with Crippen molar-refractivity contribution in [1.82, 2.24) is 10.2 Å². The van der Waals surface area contributed by atoms with Gasteiger partial charge in [0.25, 0.3) is 0 Å². The van der Waals surface area contributed by atoms with E-state index in [1.165, 1.54) is 37.1 Å². The van der Waals surface area contributed by atoms with Crippen molar-refractivity contribution in [3.63, 3.8) is 0 Å². The molecule has 0 spiro atoms. The molecule has 1 saturated heterocycles. The molecule has 0 saturated carbocycles. The highest BCUT2D eigenvalue weighted by Gasteiger charge is 2.14. The average molecular weight is 218 g/mol. The SMILES string of the molecule is CN(C)Cc1ccc(CC2CCNC2)cc1. The zero-order chi connectivity index (χ0) is 11.4. The monoisotopic (exact) mass is 218 g/mol. The molecule has 0 amide bonds. The lowest BCUT2D eigenvalue weighted by atomic mass is 9.98. The highest BCUT2D eigenvalue weighted by Crippen LogP contribution is 2.15. The first-order valence-corrected chi connectivity index (χ1v) is 6.17. The quantitative estimate of drug-likeness (QED) is 0.830. The van der Waals surface area contributed by atoms with Crippen LogP contribution < -0.4 is 5.32 Å². The van der Waals surface area contributed by atoms with Gasteiger partial charge in [-0.3, -0.25) is 0 Å². The summed E-state index contributed by atoms with van der Waals surface area (Å²) in [4.78, 5) is 2.20. The van der Waals surface area contributed by atoms with Crippen molar-refractivity contribution in [2.75, 3.05) is 27.2 Å². The van der Waals surface area contributed by atoms with Crippen LogP contribution in [0, 0.1) is 5.92 Å². The molecule has 0 aromatic heterocycles. The van der Waals surface area contributed by atoms with E-state index >= 15 is 0 Å². The van der Waals surface area contributed by atoms with Crippen molar-refractivity contribution >= 4 is 0 Å². The van der Waals surface area contributed by atoms with Crippen LogP contribution >= 0.6 is 0 Å². The molecule has 0 bridgehead atoms. The molecular weight excluding hydrogens is 196 g/mol. The molecule has 2 heteroatoms. The standard InChI is InChI=1S/C14H22N2/c1-16(2)11-13-5-3-12(4-6-13)9-14-7-8-15-10-14/h3-6,14-15H,7-11H2,1-2H3. The lowest BCUT2D eigenvalue weighted by molar-refractivity contribution is 0.402. The van der Waals surface area contributed by atoms with E-state index < -0.39 is 0 Å². The maximum atomic E-state index is 3.42. The molecule has 1 aromatic carbocycles. The summed E-state index contributed by atoms with van der Waals surface area (Å²) in [6, 6.07) is 9.10. The topological polar surface area (TPSA) is 15.3 Å². The summed E-state index contributed by atoms with van der Waals surface area (Å²) in [5.74, 6) is 0.847. The zero-order valence-electron chi connectivity index (χ0n) is 10.4. The molecular formula is C14H22N2. The van der Waals surface area contributed by atoms with E-state index in [-0.39, 0.29) is 0 Å². The Bertz CT molecular complexity index is 310. The first-order chi connectivity index (χ1) is 7.74. The van der Waals surface area contributed by atoms with Crippen molar-refractivity contribution in [2.24, 2.45) is 5.92 Å². The van der Waals surface area contributed by atoms with Gasteiger partial charge in [0.15, 0.2) is 0 Å². The number of nitrogens with one attached hydrogen (secondary N) is 1. The van der Waals surface area contributed by atoms with Crippen LogP contribution in [-0.4, -0.2) is 32.1 Å². The molecule has 1 N–H and O–H groups in total. The zero-order valence-corrected chi connectivity index (χ0v) is 10.4. The van der Waals surface area contributed by atoms with Crippen LogP contribution in [0.1, 0.15) is 17.5 Å². The van der Waals surface area contributed by atoms with Gasteiger partial charge in [-0.2, -0.15) is 0 Å². The highest BCUT2D eigenvalue weighted by atomic mass is 15.0. The van der Waals surface area contributed by atoms with Gasteiger partial charge in [-0.25, -0.2) is 0 Å². The third-order valence-corrected chi connectivity index (χ3v) is 3.21. The minimum atomic E-state index is 0.847. The number of hydrogen-bond acceptors (Lipinski definition) is 2. The van der Waals surface area contributed by atoms with Crippen molar-refractivity contribution in [1.29, 1.82) is 0 Å². The molecule has 0 aliphatic carbocycles. The molecule has 1 aliphatic heterocycles. The smallest absolute Gasteiger partial charge is 0.0227 e. The minimum Gasteiger partial charge on any atom is -0.316 e. The second-order valence-corrected chi connectivity index (χ2v) is 5.12. The lowest BCUT2D eigenvalue weighted by Crippen LogP contribution is -2.11. The van der Waals surface area contributed by atoms with Crippen LogP contribution in [0.3, 0.4) is 0 Å². The van der Waals surface area contributed by atoms with Gasteiger partial charge in [-0.05, 0) is 57.1 Å². The van der Waals surface area contributed by atoms with E-state index in [1.54, 1.807) is 0 Å². The highest BCUT2D eigenvalue weighted by molar-refractivity contribution is 5.23. The Labute approximate surface area is 98.7 Å². The van der Waals surface area contributed by atoms with E-state index in [9.17, 15) is 0 Å². The van der Waals surface area contributed by atoms with E-state index in [4.69, 9.17) is 0 Å². The van der Waals surface area contributed by atoms with Gasteiger partial charge in [0.2, 0.25) is 0 Å². The van der Waals surface area contributed by atoms with E-state index in [0.29, 0.717) is 0 Å². The van der Waals surface area contributed by atoms with E-state index in [0.717, 1.165) is 12.5 Å². The normalized spacial score (nSPS) is 20.6. The molecule has 0 radical (unpaired) electrons. The van der Waals surface area contributed by atoms with Gasteiger partial charge in [0, 0.05) is 6.54 Å². The van der Waals surface area contributed by atoms with Gasteiger partial charge >= 0.3 is 0 Å². The average Bonchev–Trinajstić information content (AvgIpc) is 2.73. The van der Waals surface area contributed by atoms with Gasteiger partial charge in [0.1, 0.15) is 0 Å². The molecule has 1 aromatic rings. The minimum absolute atomic E-state index is 0.847. The van der Waals surface area contributed by atoms with Crippen LogP contribution in [0.4, 0.5) is 0 Å². The van der Waals surface area contributed by atoms with Crippen molar-refractivity contribution in [3.05, 3.63) is 35.4 Å². The Balaban J connectivity index is 1.90. The predicted octanol–water partition coefficient (Wildman–Crippen LogP) is 1.90. The molecule has 2 nitrogen and oxygen atoms in total. The van der Waals surface area contributed by atoms with Crippen LogP contribution in [0.25, 0.3) is 0 Å². The Hall–Kier alpha value is -0.860. The Morgan fingerprint density at radius 2 is 1.88 bits per heavy atom. The van der Waals surface area contributed by atoms with E-state index in [1.807, 2.05) is 0 Å². The second-order valence-electron chi connectivity index (χ2n) is 5.12. The number of hydrogen-bond donors (Lipinski definition) is 1. The number of rotatable bonds is 4. The van der Waals surface area contributed by atoms with Crippen molar-refractivity contribution in [3.8, 4) is 0 Å². The summed E-state index contributed by atoms with van der Waals surface area (Å²) < 4.78 is 0. The maximum Gasteiger partial charge on any atom is 0.0227 e. The van der Waals surface area contributed by atoms with Gasteiger partial charge in [-0.15, -0.1) is 0 Å². The molecule has 1 aliphatic rings. The lowest BCUT2D eigenvalue weighted by Gasteiger charge is -2.11. The largest absolute Gasteiger partial charge is 0.316 e. The summed E-state index contributed by atoms with van der Waals surface area (Å²) in [5.41, 5.74) is 2.88. The predicted molar refractivity (Wildman–Crippen MR) is 68.5 cm³/mol. The molecule has 2 rings (SSSR count). The fraction of sp³-hybridized carbons (Fsp3) is 0.571. The summed E-state index contributed by atoms with van der Waals surface area (Å²) in [7, 11) is 4.22. The van der Waals surface area contributed by atoms with Crippen LogP contribution in [0.5, 0.6) is 0 Å². The fourth-order valence-electron chi connectivity index (χ4n) is 2.37. The first kappa shape index (κ1) is 11.6. The fourth-order valence-corrected chi connectivity index (χ4v) is 2.37. The number of benzene rings is 1. The summed E-state index contributed by atoms with van der Waals surface area (Å²) >= 11 is 0. The molecule has 1 atom stereocenters. The molecule has 1 unspecified atom stereocenters. The van der Waals surface area contributed by atoms with Gasteiger partial charge < -0.3 is 10.2 Å². The first-order valence-electron chi connectivity index (χ1n) is 6.17. The van der Waals surface area contributed by atoms with Gasteiger partial charge in [0.05, 0.1) is 0 Å². The van der Waals surface area contributed by atoms with Crippen LogP contribution in [0.15, 0.2) is 24.3 Å². The summed E-state index contributed by atoms with van der Waals surface area (Å²) in [6.45, 7) is 3.42. The Kier molecular flexibility index (Phi) is 3.97. The summed E-state index contributed by atoms with van der Waals surface area (Å²) in [5, 5.41) is 3.42. The third kappa shape index (κ3) is 3.32. The molecule has 16 heavy (non-hydrogen) atoms. The second kappa shape index (κ2) is 5.46. The Morgan fingerprint density at radius 1 is 1.19 bits per heavy atom. The van der Waals surface area contributed by atoms with Crippen molar-refractivity contribution in [2.45, 2.75) is 19.4 Å². The van der Waals surface area contributed by atoms with Crippen LogP contribution in [0.2, 0.25) is 0 Å². The maximum absolute atomic E-state index is 3.42. The van der Waals surface area contributed by atoms with Gasteiger partial charge in [-0.1, -0.05) is 24.3 Å². The third-order valence-electron chi connectivity index (χ3n) is 3.21. The van der Waals surface area contributed by atoms with Crippen molar-refractivity contribution < 1.29 is 0 Å². The molecule has 1 fully saturated rings. The van der Waals surface area contributed by atoms with Crippen LogP contribution in [-0.2, 0) is 13.0 Å².